The van der Waals surface area contributed by atoms with E-state index in [1.165, 1.54) is 0 Å². The molecule has 1 saturated heterocycles. The molecule has 0 atom stereocenters. The second-order valence-electron chi connectivity index (χ2n) is 5.63. The third-order valence-electron chi connectivity index (χ3n) is 3.77. The Balaban J connectivity index is 1.88. The Hall–Kier alpha value is -1.43. The number of hydrogen-bond donors (Lipinski definition) is 1. The third-order valence-corrected chi connectivity index (χ3v) is 3.77. The Morgan fingerprint density at radius 2 is 1.62 bits per heavy atom. The molecule has 0 amide bonds. The van der Waals surface area contributed by atoms with E-state index in [0.29, 0.717) is 11.7 Å². The molecule has 0 aromatic heterocycles. The van der Waals surface area contributed by atoms with Crippen LogP contribution in [0.2, 0.25) is 0 Å². The van der Waals surface area contributed by atoms with Gasteiger partial charge in [0.15, 0.2) is 0 Å². The van der Waals surface area contributed by atoms with Crippen molar-refractivity contribution >= 4 is 11.4 Å². The number of rotatable bonds is 4. The van der Waals surface area contributed by atoms with Crippen molar-refractivity contribution in [2.45, 2.75) is 26.1 Å². The number of halogens is 3. The third kappa shape index (κ3) is 4.81. The summed E-state index contributed by atoms with van der Waals surface area (Å²) in [6.07, 6.45) is -4.19. The van der Waals surface area contributed by atoms with Gasteiger partial charge in [-0.05, 0) is 38.1 Å². The summed E-state index contributed by atoms with van der Waals surface area (Å²) >= 11 is 0. The Kier molecular flexibility index (Phi) is 4.98. The van der Waals surface area contributed by atoms with Crippen LogP contribution in [0.4, 0.5) is 24.5 Å². The quantitative estimate of drug-likeness (QED) is 0.921. The van der Waals surface area contributed by atoms with Crippen LogP contribution in [0.5, 0.6) is 0 Å². The topological polar surface area (TPSA) is 18.5 Å². The van der Waals surface area contributed by atoms with Crippen molar-refractivity contribution in [2.24, 2.45) is 0 Å². The summed E-state index contributed by atoms with van der Waals surface area (Å²) in [5, 5.41) is 2.38. The monoisotopic (exact) mass is 301 g/mol. The predicted octanol–water partition coefficient (Wildman–Crippen LogP) is 3.19. The molecular weight excluding hydrogens is 279 g/mol. The second kappa shape index (κ2) is 6.56. The van der Waals surface area contributed by atoms with Gasteiger partial charge in [0.25, 0.3) is 0 Å². The van der Waals surface area contributed by atoms with E-state index in [1.807, 2.05) is 12.1 Å². The van der Waals surface area contributed by atoms with Crippen molar-refractivity contribution in [1.82, 2.24) is 4.90 Å². The average Bonchev–Trinajstić information content (AvgIpc) is 2.45. The highest BCUT2D eigenvalue weighted by Gasteiger charge is 2.26. The fourth-order valence-corrected chi connectivity index (χ4v) is 2.49. The zero-order chi connectivity index (χ0) is 15.5. The molecule has 0 bridgehead atoms. The lowest BCUT2D eigenvalue weighted by atomic mass is 10.2. The molecule has 6 heteroatoms. The molecule has 3 nitrogen and oxygen atoms in total. The summed E-state index contributed by atoms with van der Waals surface area (Å²) in [7, 11) is 0. The molecule has 1 aliphatic heterocycles. The van der Waals surface area contributed by atoms with Crippen LogP contribution in [0.3, 0.4) is 0 Å². The number of nitrogens with one attached hydrogen (secondary N) is 1. The molecule has 2 rings (SSSR count). The molecule has 1 aliphatic rings. The molecular formula is C15H22F3N3. The Morgan fingerprint density at radius 3 is 2.10 bits per heavy atom. The molecule has 0 radical (unpaired) electrons. The van der Waals surface area contributed by atoms with E-state index >= 15 is 0 Å². The van der Waals surface area contributed by atoms with E-state index in [1.54, 1.807) is 12.1 Å². The number of anilines is 2. The summed E-state index contributed by atoms with van der Waals surface area (Å²) in [5.41, 5.74) is 1.56. The SMILES string of the molecule is CC(C)N1CCN(c2ccc(NCC(F)(F)F)cc2)CC1. The van der Waals surface area contributed by atoms with Crippen molar-refractivity contribution < 1.29 is 13.2 Å². The largest absolute Gasteiger partial charge is 0.405 e. The minimum Gasteiger partial charge on any atom is -0.376 e. The predicted molar refractivity (Wildman–Crippen MR) is 79.9 cm³/mol. The number of alkyl halides is 3. The molecule has 21 heavy (non-hydrogen) atoms. The first-order valence-corrected chi connectivity index (χ1v) is 7.25. The standard InChI is InChI=1S/C15H22F3N3/c1-12(2)20-7-9-21(10-8-20)14-5-3-13(4-6-14)19-11-15(16,17)18/h3-6,12,19H,7-11H2,1-2H3. The van der Waals surface area contributed by atoms with Crippen LogP contribution >= 0.6 is 0 Å². The molecule has 1 aromatic carbocycles. The smallest absolute Gasteiger partial charge is 0.376 e. The Bertz CT molecular complexity index is 434. The van der Waals surface area contributed by atoms with Crippen molar-refractivity contribution in [1.29, 1.82) is 0 Å². The highest BCUT2D eigenvalue weighted by Crippen LogP contribution is 2.21. The van der Waals surface area contributed by atoms with Crippen LogP contribution in [-0.2, 0) is 0 Å². The van der Waals surface area contributed by atoms with Gasteiger partial charge in [0.05, 0.1) is 0 Å². The van der Waals surface area contributed by atoms with Crippen molar-refractivity contribution in [3.05, 3.63) is 24.3 Å². The van der Waals surface area contributed by atoms with Gasteiger partial charge in [-0.3, -0.25) is 4.90 Å². The molecule has 1 aromatic rings. The fraction of sp³-hybridized carbons (Fsp3) is 0.600. The molecule has 0 spiro atoms. The molecule has 0 unspecified atom stereocenters. The lowest BCUT2D eigenvalue weighted by Crippen LogP contribution is -2.48. The minimum absolute atomic E-state index is 0.497. The van der Waals surface area contributed by atoms with Gasteiger partial charge < -0.3 is 10.2 Å². The van der Waals surface area contributed by atoms with Gasteiger partial charge in [-0.1, -0.05) is 0 Å². The van der Waals surface area contributed by atoms with Crippen molar-refractivity contribution in [3.8, 4) is 0 Å². The van der Waals surface area contributed by atoms with Crippen molar-refractivity contribution in [3.63, 3.8) is 0 Å². The van der Waals surface area contributed by atoms with E-state index in [4.69, 9.17) is 0 Å². The first kappa shape index (κ1) is 15.9. The Labute approximate surface area is 123 Å². The number of piperazine rings is 1. The van der Waals surface area contributed by atoms with E-state index in [9.17, 15) is 13.2 Å². The highest BCUT2D eigenvalue weighted by molar-refractivity contribution is 5.55. The maximum atomic E-state index is 12.1. The van der Waals surface area contributed by atoms with Crippen LogP contribution in [-0.4, -0.2) is 49.8 Å². The zero-order valence-electron chi connectivity index (χ0n) is 12.5. The molecule has 1 fully saturated rings. The lowest BCUT2D eigenvalue weighted by Gasteiger charge is -2.38. The van der Waals surface area contributed by atoms with Gasteiger partial charge in [-0.15, -0.1) is 0 Å². The number of benzene rings is 1. The van der Waals surface area contributed by atoms with Gasteiger partial charge >= 0.3 is 6.18 Å². The van der Waals surface area contributed by atoms with Gasteiger partial charge in [0, 0.05) is 43.6 Å². The maximum absolute atomic E-state index is 12.1. The van der Waals surface area contributed by atoms with E-state index < -0.39 is 12.7 Å². The summed E-state index contributed by atoms with van der Waals surface area (Å²) in [4.78, 5) is 4.70. The average molecular weight is 301 g/mol. The first-order valence-electron chi connectivity index (χ1n) is 7.25. The highest BCUT2D eigenvalue weighted by atomic mass is 19.4. The normalized spacial score (nSPS) is 17.3. The van der Waals surface area contributed by atoms with E-state index in [0.717, 1.165) is 31.9 Å². The molecule has 1 N–H and O–H groups in total. The summed E-state index contributed by atoms with van der Waals surface area (Å²) in [5.74, 6) is 0. The van der Waals surface area contributed by atoms with Crippen LogP contribution in [0.15, 0.2) is 24.3 Å². The molecule has 118 valence electrons. The molecule has 0 saturated carbocycles. The summed E-state index contributed by atoms with van der Waals surface area (Å²) in [6.45, 7) is 7.32. The fourth-order valence-electron chi connectivity index (χ4n) is 2.49. The van der Waals surface area contributed by atoms with Gasteiger partial charge in [0.1, 0.15) is 6.54 Å². The van der Waals surface area contributed by atoms with Crippen LogP contribution in [0.1, 0.15) is 13.8 Å². The lowest BCUT2D eigenvalue weighted by molar-refractivity contribution is -0.115. The Morgan fingerprint density at radius 1 is 1.05 bits per heavy atom. The summed E-state index contributed by atoms with van der Waals surface area (Å²) in [6, 6.07) is 7.72. The van der Waals surface area contributed by atoms with Gasteiger partial charge in [-0.2, -0.15) is 13.2 Å². The zero-order valence-corrected chi connectivity index (χ0v) is 12.5. The number of nitrogens with zero attached hydrogens (tertiary/aromatic N) is 2. The minimum atomic E-state index is -4.19. The number of hydrogen-bond acceptors (Lipinski definition) is 3. The van der Waals surface area contributed by atoms with Gasteiger partial charge in [0.2, 0.25) is 0 Å². The van der Waals surface area contributed by atoms with E-state index in [-0.39, 0.29) is 0 Å². The summed E-state index contributed by atoms with van der Waals surface area (Å²) < 4.78 is 36.4. The van der Waals surface area contributed by atoms with E-state index in [2.05, 4.69) is 29.0 Å². The first-order chi connectivity index (χ1) is 9.85. The van der Waals surface area contributed by atoms with Crippen LogP contribution in [0, 0.1) is 0 Å². The molecule has 0 aliphatic carbocycles. The second-order valence-corrected chi connectivity index (χ2v) is 5.63. The van der Waals surface area contributed by atoms with Crippen molar-refractivity contribution in [2.75, 3.05) is 42.9 Å². The van der Waals surface area contributed by atoms with Gasteiger partial charge in [-0.25, -0.2) is 0 Å². The van der Waals surface area contributed by atoms with Crippen LogP contribution < -0.4 is 10.2 Å². The maximum Gasteiger partial charge on any atom is 0.405 e. The van der Waals surface area contributed by atoms with Crippen LogP contribution in [0.25, 0.3) is 0 Å². The molecule has 1 heterocycles.